The molecule has 0 aliphatic carbocycles. The van der Waals surface area contributed by atoms with Crippen LogP contribution >= 0.6 is 0 Å². The van der Waals surface area contributed by atoms with Crippen LogP contribution in [0.5, 0.6) is 0 Å². The number of imidazole rings is 1. The molecule has 4 nitrogen and oxygen atoms in total. The summed E-state index contributed by atoms with van der Waals surface area (Å²) in [5, 5.41) is 2.34. The first-order valence-corrected chi connectivity index (χ1v) is 6.37. The largest absolute Gasteiger partial charge is 0.333 e. The van der Waals surface area contributed by atoms with E-state index in [2.05, 4.69) is 26.9 Å². The molecule has 2 heterocycles. The van der Waals surface area contributed by atoms with Crippen LogP contribution in [0.15, 0.2) is 12.5 Å². The molecule has 16 heavy (non-hydrogen) atoms. The third-order valence-corrected chi connectivity index (χ3v) is 3.10. The summed E-state index contributed by atoms with van der Waals surface area (Å²) < 4.78 is 2.23. The molecule has 1 aromatic rings. The zero-order valence-corrected chi connectivity index (χ0v) is 10.2. The standard InChI is InChI=1S/C12H22N4/c1-2-6-15-11-13-9-12(15)10-14-16-7-4-3-5-8-16/h9,11,14H,2-8,10H2,1H3. The Morgan fingerprint density at radius 3 is 2.88 bits per heavy atom. The van der Waals surface area contributed by atoms with E-state index in [1.54, 1.807) is 0 Å². The first-order valence-electron chi connectivity index (χ1n) is 6.37. The van der Waals surface area contributed by atoms with Gasteiger partial charge in [0.1, 0.15) is 0 Å². The Morgan fingerprint density at radius 2 is 2.12 bits per heavy atom. The summed E-state index contributed by atoms with van der Waals surface area (Å²) in [6.07, 6.45) is 9.07. The Hall–Kier alpha value is -0.870. The van der Waals surface area contributed by atoms with Crippen molar-refractivity contribution in [3.63, 3.8) is 0 Å². The molecule has 90 valence electrons. The molecule has 1 aliphatic heterocycles. The van der Waals surface area contributed by atoms with Crippen molar-refractivity contribution in [2.24, 2.45) is 0 Å². The summed E-state index contributed by atoms with van der Waals surface area (Å²) in [5.41, 5.74) is 4.78. The lowest BCUT2D eigenvalue weighted by atomic mass is 10.2. The second kappa shape index (κ2) is 6.01. The zero-order chi connectivity index (χ0) is 11.2. The minimum absolute atomic E-state index is 0.903. The second-order valence-electron chi connectivity index (χ2n) is 4.46. The number of hydrogen-bond donors (Lipinski definition) is 1. The molecule has 1 N–H and O–H groups in total. The molecule has 2 rings (SSSR count). The molecule has 1 aromatic heterocycles. The summed E-state index contributed by atoms with van der Waals surface area (Å²) in [7, 11) is 0. The van der Waals surface area contributed by atoms with E-state index in [1.807, 2.05) is 12.5 Å². The maximum Gasteiger partial charge on any atom is 0.0948 e. The molecule has 0 radical (unpaired) electrons. The van der Waals surface area contributed by atoms with E-state index in [1.165, 1.54) is 38.0 Å². The summed E-state index contributed by atoms with van der Waals surface area (Å²) >= 11 is 0. The molecule has 0 aromatic carbocycles. The highest BCUT2D eigenvalue weighted by molar-refractivity contribution is 4.97. The lowest BCUT2D eigenvalue weighted by Gasteiger charge is -2.27. The number of hydrazine groups is 1. The number of aromatic nitrogens is 2. The van der Waals surface area contributed by atoms with Crippen molar-refractivity contribution in [2.45, 2.75) is 45.7 Å². The molecule has 0 saturated carbocycles. The molecule has 0 atom stereocenters. The SMILES string of the molecule is CCCn1cncc1CNN1CCCCC1. The number of rotatable bonds is 5. The van der Waals surface area contributed by atoms with Gasteiger partial charge in [-0.15, -0.1) is 0 Å². The Morgan fingerprint density at radius 1 is 1.31 bits per heavy atom. The Bertz CT molecular complexity index is 302. The fourth-order valence-corrected chi connectivity index (χ4v) is 2.18. The van der Waals surface area contributed by atoms with Gasteiger partial charge in [-0.25, -0.2) is 15.4 Å². The second-order valence-corrected chi connectivity index (χ2v) is 4.46. The summed E-state index contributed by atoms with van der Waals surface area (Å²) in [5.74, 6) is 0. The third kappa shape index (κ3) is 3.06. The van der Waals surface area contributed by atoms with Crippen LogP contribution in [0, 0.1) is 0 Å². The molecule has 1 saturated heterocycles. The van der Waals surface area contributed by atoms with Crippen LogP contribution in [-0.4, -0.2) is 27.6 Å². The van der Waals surface area contributed by atoms with E-state index >= 15 is 0 Å². The van der Waals surface area contributed by atoms with Crippen molar-refractivity contribution in [3.8, 4) is 0 Å². The van der Waals surface area contributed by atoms with Crippen molar-refractivity contribution in [1.29, 1.82) is 0 Å². The van der Waals surface area contributed by atoms with Crippen molar-refractivity contribution in [2.75, 3.05) is 13.1 Å². The number of nitrogens with one attached hydrogen (secondary N) is 1. The van der Waals surface area contributed by atoms with E-state index in [0.29, 0.717) is 0 Å². The molecule has 0 spiro atoms. The van der Waals surface area contributed by atoms with Crippen molar-refractivity contribution in [1.82, 2.24) is 20.0 Å². The summed E-state index contributed by atoms with van der Waals surface area (Å²) in [6, 6.07) is 0. The van der Waals surface area contributed by atoms with Crippen molar-refractivity contribution in [3.05, 3.63) is 18.2 Å². The Balaban J connectivity index is 1.81. The topological polar surface area (TPSA) is 33.1 Å². The van der Waals surface area contributed by atoms with Crippen LogP contribution in [0.4, 0.5) is 0 Å². The summed E-state index contributed by atoms with van der Waals surface area (Å²) in [4.78, 5) is 4.21. The maximum atomic E-state index is 4.21. The lowest BCUT2D eigenvalue weighted by molar-refractivity contribution is 0.149. The molecule has 0 amide bonds. The van der Waals surface area contributed by atoms with Gasteiger partial charge in [-0.2, -0.15) is 0 Å². The molecule has 1 aliphatic rings. The van der Waals surface area contributed by atoms with E-state index in [0.717, 1.165) is 19.5 Å². The van der Waals surface area contributed by atoms with Gasteiger partial charge in [-0.1, -0.05) is 13.3 Å². The van der Waals surface area contributed by atoms with Gasteiger partial charge in [0.25, 0.3) is 0 Å². The molecule has 1 fully saturated rings. The minimum atomic E-state index is 0.903. The van der Waals surface area contributed by atoms with E-state index in [9.17, 15) is 0 Å². The highest BCUT2D eigenvalue weighted by Gasteiger charge is 2.10. The number of nitrogens with zero attached hydrogens (tertiary/aromatic N) is 3. The van der Waals surface area contributed by atoms with Crippen molar-refractivity contribution < 1.29 is 0 Å². The van der Waals surface area contributed by atoms with Gasteiger partial charge in [-0.3, -0.25) is 0 Å². The van der Waals surface area contributed by atoms with E-state index < -0.39 is 0 Å². The van der Waals surface area contributed by atoms with Crippen LogP contribution in [0.1, 0.15) is 38.3 Å². The fourth-order valence-electron chi connectivity index (χ4n) is 2.18. The van der Waals surface area contributed by atoms with E-state index in [4.69, 9.17) is 0 Å². The van der Waals surface area contributed by atoms with Gasteiger partial charge in [0, 0.05) is 25.8 Å². The average Bonchev–Trinajstić information content (AvgIpc) is 2.76. The normalized spacial score (nSPS) is 17.8. The average molecular weight is 222 g/mol. The van der Waals surface area contributed by atoms with E-state index in [-0.39, 0.29) is 0 Å². The summed E-state index contributed by atoms with van der Waals surface area (Å²) in [6.45, 7) is 6.53. The molecular weight excluding hydrogens is 200 g/mol. The molecular formula is C12H22N4. The van der Waals surface area contributed by atoms with Gasteiger partial charge < -0.3 is 4.57 Å². The smallest absolute Gasteiger partial charge is 0.0948 e. The minimum Gasteiger partial charge on any atom is -0.333 e. The van der Waals surface area contributed by atoms with Crippen LogP contribution in [-0.2, 0) is 13.1 Å². The lowest BCUT2D eigenvalue weighted by Crippen LogP contribution is -2.41. The van der Waals surface area contributed by atoms with Crippen LogP contribution in [0.3, 0.4) is 0 Å². The van der Waals surface area contributed by atoms with Crippen LogP contribution < -0.4 is 5.43 Å². The first kappa shape index (κ1) is 11.6. The Labute approximate surface area is 97.6 Å². The number of piperidine rings is 1. The van der Waals surface area contributed by atoms with Gasteiger partial charge in [0.15, 0.2) is 0 Å². The highest BCUT2D eigenvalue weighted by atomic mass is 15.5. The number of hydrogen-bond acceptors (Lipinski definition) is 3. The quantitative estimate of drug-likeness (QED) is 0.824. The van der Waals surface area contributed by atoms with Crippen LogP contribution in [0.25, 0.3) is 0 Å². The van der Waals surface area contributed by atoms with Gasteiger partial charge in [0.2, 0.25) is 0 Å². The molecule has 4 heteroatoms. The first-order chi connectivity index (χ1) is 7.90. The van der Waals surface area contributed by atoms with Crippen LogP contribution in [0.2, 0.25) is 0 Å². The third-order valence-electron chi connectivity index (χ3n) is 3.10. The molecule has 0 unspecified atom stereocenters. The zero-order valence-electron chi connectivity index (χ0n) is 10.2. The maximum absolute atomic E-state index is 4.21. The monoisotopic (exact) mass is 222 g/mol. The predicted molar refractivity (Wildman–Crippen MR) is 64.8 cm³/mol. The van der Waals surface area contributed by atoms with Gasteiger partial charge in [0.05, 0.1) is 18.6 Å². The molecule has 0 bridgehead atoms. The van der Waals surface area contributed by atoms with Gasteiger partial charge in [-0.05, 0) is 19.3 Å². The number of aryl methyl sites for hydroxylation is 1. The Kier molecular flexibility index (Phi) is 4.36. The highest BCUT2D eigenvalue weighted by Crippen LogP contribution is 2.07. The fraction of sp³-hybridized carbons (Fsp3) is 0.750. The predicted octanol–water partition coefficient (Wildman–Crippen LogP) is 1.78. The van der Waals surface area contributed by atoms with Gasteiger partial charge >= 0.3 is 0 Å². The van der Waals surface area contributed by atoms with Crippen molar-refractivity contribution >= 4 is 0 Å².